The summed E-state index contributed by atoms with van der Waals surface area (Å²) in [5.74, 6) is -2.45. The molecule has 39 heavy (non-hydrogen) atoms. The number of fused-ring (bicyclic) bond motifs is 2. The molecule has 1 spiro atoms. The fraction of sp³-hybridized carbons (Fsp3) is 0.724. The third-order valence-corrected chi connectivity index (χ3v) is 9.74. The first kappa shape index (κ1) is 29.3. The Morgan fingerprint density at radius 1 is 1.21 bits per heavy atom. The van der Waals surface area contributed by atoms with Crippen LogP contribution in [0, 0.1) is 16.7 Å². The molecular formula is C29H40O10. The second-order valence-electron chi connectivity index (χ2n) is 11.9. The Morgan fingerprint density at radius 2 is 1.90 bits per heavy atom. The highest BCUT2D eigenvalue weighted by Crippen LogP contribution is 2.70. The molecule has 0 aromatic heterocycles. The zero-order valence-electron chi connectivity index (χ0n) is 23.7. The van der Waals surface area contributed by atoms with Crippen LogP contribution in [0.4, 0.5) is 0 Å². The van der Waals surface area contributed by atoms with Gasteiger partial charge >= 0.3 is 23.9 Å². The van der Waals surface area contributed by atoms with E-state index < -0.39 is 64.0 Å². The molecule has 3 fully saturated rings. The monoisotopic (exact) mass is 548 g/mol. The number of rotatable bonds is 8. The Kier molecular flexibility index (Phi) is 7.77. The van der Waals surface area contributed by atoms with Gasteiger partial charge in [-0.05, 0) is 45.1 Å². The molecule has 216 valence electrons. The maximum atomic E-state index is 13.1. The van der Waals surface area contributed by atoms with E-state index in [1.165, 1.54) is 19.9 Å². The average Bonchev–Trinajstić information content (AvgIpc) is 3.51. The van der Waals surface area contributed by atoms with Gasteiger partial charge in [-0.3, -0.25) is 9.59 Å². The summed E-state index contributed by atoms with van der Waals surface area (Å²) >= 11 is 0. The molecule has 2 aliphatic heterocycles. The molecule has 0 aromatic rings. The van der Waals surface area contributed by atoms with Crippen LogP contribution in [0.25, 0.3) is 0 Å². The van der Waals surface area contributed by atoms with Crippen molar-refractivity contribution in [1.29, 1.82) is 0 Å². The molecule has 4 aliphatic rings. The van der Waals surface area contributed by atoms with E-state index in [4.69, 9.17) is 23.7 Å². The quantitative estimate of drug-likeness (QED) is 0.208. The fourth-order valence-corrected chi connectivity index (χ4v) is 7.34. The molecule has 2 heterocycles. The first-order valence-electron chi connectivity index (χ1n) is 13.6. The molecular weight excluding hydrogens is 508 g/mol. The lowest BCUT2D eigenvalue weighted by Gasteiger charge is -2.66. The Morgan fingerprint density at radius 3 is 2.44 bits per heavy atom. The molecule has 10 heteroatoms. The predicted molar refractivity (Wildman–Crippen MR) is 137 cm³/mol. The van der Waals surface area contributed by atoms with Crippen molar-refractivity contribution in [3.63, 3.8) is 0 Å². The number of ether oxygens (including phenoxy) is 5. The van der Waals surface area contributed by atoms with Gasteiger partial charge in [0.1, 0.15) is 31.0 Å². The van der Waals surface area contributed by atoms with Crippen molar-refractivity contribution in [3.05, 3.63) is 23.3 Å². The summed E-state index contributed by atoms with van der Waals surface area (Å²) in [4.78, 5) is 49.5. The highest BCUT2D eigenvalue weighted by Gasteiger charge is 2.78. The number of allylic oxidation sites excluding steroid dienone is 1. The van der Waals surface area contributed by atoms with E-state index in [-0.39, 0.29) is 26.1 Å². The number of carbonyl (C=O) groups is 4. The van der Waals surface area contributed by atoms with Crippen molar-refractivity contribution >= 4 is 23.9 Å². The smallest absolute Gasteiger partial charge is 0.333 e. The molecule has 1 saturated heterocycles. The van der Waals surface area contributed by atoms with E-state index in [9.17, 15) is 24.3 Å². The summed E-state index contributed by atoms with van der Waals surface area (Å²) < 4.78 is 29.0. The minimum atomic E-state index is -1.50. The van der Waals surface area contributed by atoms with Crippen LogP contribution in [0.2, 0.25) is 0 Å². The molecule has 2 aliphatic carbocycles. The lowest BCUT2D eigenvalue weighted by Crippen LogP contribution is -2.74. The van der Waals surface area contributed by atoms with Crippen molar-refractivity contribution in [2.75, 3.05) is 19.8 Å². The van der Waals surface area contributed by atoms with Gasteiger partial charge in [-0.1, -0.05) is 19.4 Å². The maximum Gasteiger partial charge on any atom is 0.333 e. The van der Waals surface area contributed by atoms with E-state index >= 15 is 0 Å². The minimum absolute atomic E-state index is 0.00134. The van der Waals surface area contributed by atoms with Crippen LogP contribution < -0.4 is 0 Å². The Labute approximate surface area is 229 Å². The number of hydrogen-bond acceptors (Lipinski definition) is 10. The number of epoxide rings is 1. The molecule has 0 amide bonds. The number of carbonyl (C=O) groups excluding carboxylic acids is 4. The second kappa shape index (κ2) is 10.4. The predicted octanol–water partition coefficient (Wildman–Crippen LogP) is 2.95. The summed E-state index contributed by atoms with van der Waals surface area (Å²) in [7, 11) is 0. The molecule has 0 bridgehead atoms. The molecule has 1 N–H and O–H groups in total. The zero-order chi connectivity index (χ0) is 28.8. The third kappa shape index (κ3) is 4.90. The van der Waals surface area contributed by atoms with Gasteiger partial charge in [-0.25, -0.2) is 9.59 Å². The van der Waals surface area contributed by atoms with Gasteiger partial charge in [0.25, 0.3) is 0 Å². The van der Waals surface area contributed by atoms with Crippen molar-refractivity contribution in [3.8, 4) is 0 Å². The van der Waals surface area contributed by atoms with Gasteiger partial charge < -0.3 is 28.8 Å². The van der Waals surface area contributed by atoms with Crippen LogP contribution in [0.3, 0.4) is 0 Å². The Bertz CT molecular complexity index is 1100. The van der Waals surface area contributed by atoms with Gasteiger partial charge in [0.2, 0.25) is 0 Å². The van der Waals surface area contributed by atoms with E-state index in [0.717, 1.165) is 6.42 Å². The molecule has 7 unspecified atom stereocenters. The summed E-state index contributed by atoms with van der Waals surface area (Å²) in [6.07, 6.45) is 3.54. The van der Waals surface area contributed by atoms with Gasteiger partial charge in [0, 0.05) is 43.8 Å². The van der Waals surface area contributed by atoms with E-state index in [2.05, 4.69) is 0 Å². The summed E-state index contributed by atoms with van der Waals surface area (Å²) in [6.45, 7) is 9.96. The number of aliphatic hydroxyl groups is 1. The zero-order valence-corrected chi connectivity index (χ0v) is 23.7. The lowest BCUT2D eigenvalue weighted by molar-refractivity contribution is -0.287. The van der Waals surface area contributed by atoms with Crippen LogP contribution >= 0.6 is 0 Å². The highest BCUT2D eigenvalue weighted by molar-refractivity contribution is 5.88. The summed E-state index contributed by atoms with van der Waals surface area (Å²) in [6, 6.07) is 0. The van der Waals surface area contributed by atoms with E-state index in [0.29, 0.717) is 30.6 Å². The van der Waals surface area contributed by atoms with Crippen molar-refractivity contribution in [2.24, 2.45) is 16.7 Å². The van der Waals surface area contributed by atoms with Crippen molar-refractivity contribution in [1.82, 2.24) is 0 Å². The van der Waals surface area contributed by atoms with Gasteiger partial charge in [0.05, 0.1) is 17.6 Å². The Hall–Kier alpha value is -2.72. The van der Waals surface area contributed by atoms with Gasteiger partial charge in [-0.15, -0.1) is 0 Å². The standard InChI is InChI=1S/C29H40O10/c1-7-17(2)25(33)39-23-13-26(5,34)27(6,22(38-19(4)31)11-20-12-24(32)35-14-20)21-9-8-10-28(15-37-28)29(21,23)16-36-18(3)30/h7,12,21-23,34H,8-11,13-16H2,1-6H3. The minimum Gasteiger partial charge on any atom is -0.465 e. The molecule has 0 aromatic carbocycles. The molecule has 7 atom stereocenters. The second-order valence-corrected chi connectivity index (χ2v) is 11.9. The molecule has 2 saturated carbocycles. The first-order valence-corrected chi connectivity index (χ1v) is 13.6. The van der Waals surface area contributed by atoms with Crippen LogP contribution in [0.1, 0.15) is 73.6 Å². The topological polar surface area (TPSA) is 138 Å². The fourth-order valence-electron chi connectivity index (χ4n) is 7.34. The normalized spacial score (nSPS) is 38.3. The largest absolute Gasteiger partial charge is 0.465 e. The number of esters is 4. The first-order chi connectivity index (χ1) is 18.2. The van der Waals surface area contributed by atoms with Crippen molar-refractivity contribution < 1.29 is 48.0 Å². The third-order valence-electron chi connectivity index (χ3n) is 9.74. The maximum absolute atomic E-state index is 13.1. The number of cyclic esters (lactones) is 1. The SMILES string of the molecule is CC=C(C)C(=O)OC1CC(C)(O)C(C)(C(CC2=CC(=O)OC2)OC(C)=O)C2CCCC3(CO3)C12COC(C)=O. The van der Waals surface area contributed by atoms with Crippen molar-refractivity contribution in [2.45, 2.75) is 97.1 Å². The summed E-state index contributed by atoms with van der Waals surface area (Å²) in [5, 5.41) is 12.2. The average molecular weight is 549 g/mol. The van der Waals surface area contributed by atoms with E-state index in [1.54, 1.807) is 26.8 Å². The van der Waals surface area contributed by atoms with Gasteiger partial charge in [-0.2, -0.15) is 0 Å². The van der Waals surface area contributed by atoms with Crippen LogP contribution in [-0.2, 0) is 42.9 Å². The summed E-state index contributed by atoms with van der Waals surface area (Å²) in [5.41, 5.74) is -3.28. The van der Waals surface area contributed by atoms with E-state index in [1.807, 2.05) is 6.92 Å². The molecule has 4 rings (SSSR count). The van der Waals surface area contributed by atoms with Crippen LogP contribution in [0.5, 0.6) is 0 Å². The van der Waals surface area contributed by atoms with Gasteiger partial charge in [0.15, 0.2) is 0 Å². The Balaban J connectivity index is 1.88. The number of hydrogen-bond donors (Lipinski definition) is 1. The van der Waals surface area contributed by atoms with Crippen LogP contribution in [-0.4, -0.2) is 72.2 Å². The lowest BCUT2D eigenvalue weighted by atomic mass is 9.41. The molecule has 10 nitrogen and oxygen atoms in total. The van der Waals surface area contributed by atoms with Crippen LogP contribution in [0.15, 0.2) is 23.3 Å². The molecule has 0 radical (unpaired) electrons. The highest BCUT2D eigenvalue weighted by atomic mass is 16.6.